The zero-order valence-electron chi connectivity index (χ0n) is 17.6. The molecule has 0 heterocycles. The van der Waals surface area contributed by atoms with Crippen LogP contribution in [-0.2, 0) is 19.1 Å². The summed E-state index contributed by atoms with van der Waals surface area (Å²) in [7, 11) is 0. The number of rotatable bonds is 7. The van der Waals surface area contributed by atoms with Crippen LogP contribution in [-0.4, -0.2) is 40.2 Å². The van der Waals surface area contributed by atoms with E-state index in [0.717, 1.165) is 19.3 Å². The fourth-order valence-corrected chi connectivity index (χ4v) is 5.21. The number of carbonyl (C=O) groups is 3. The van der Waals surface area contributed by atoms with Gasteiger partial charge in [-0.25, -0.2) is 4.79 Å². The highest BCUT2D eigenvalue weighted by Crippen LogP contribution is 2.63. The first kappa shape index (κ1) is 22.1. The van der Waals surface area contributed by atoms with Crippen LogP contribution in [0.5, 0.6) is 5.75 Å². The number of phenolic OH excluding ortho intramolecular Hbond substituents is 1. The van der Waals surface area contributed by atoms with Crippen molar-refractivity contribution >= 4 is 17.8 Å². The van der Waals surface area contributed by atoms with Crippen LogP contribution in [0.2, 0.25) is 0 Å². The molecule has 2 saturated carbocycles. The van der Waals surface area contributed by atoms with Crippen LogP contribution >= 0.6 is 0 Å². The molecule has 0 spiro atoms. The van der Waals surface area contributed by atoms with E-state index in [1.807, 2.05) is 0 Å². The van der Waals surface area contributed by atoms with Crippen molar-refractivity contribution in [1.29, 1.82) is 0 Å². The summed E-state index contributed by atoms with van der Waals surface area (Å²) in [6.45, 7) is 6.35. The highest BCUT2D eigenvalue weighted by atomic mass is 16.5. The number of carbonyl (C=O) groups excluding carboxylic acids is 2. The van der Waals surface area contributed by atoms with Crippen LogP contribution in [0.3, 0.4) is 0 Å². The molecule has 2 bridgehead atoms. The van der Waals surface area contributed by atoms with E-state index in [0.29, 0.717) is 11.5 Å². The molecule has 1 aromatic carbocycles. The van der Waals surface area contributed by atoms with Gasteiger partial charge in [-0.3, -0.25) is 9.59 Å². The molecule has 30 heavy (non-hydrogen) atoms. The van der Waals surface area contributed by atoms with E-state index in [1.54, 1.807) is 0 Å². The Morgan fingerprint density at radius 3 is 2.40 bits per heavy atom. The third kappa shape index (κ3) is 4.14. The molecule has 1 amide bonds. The number of esters is 1. The van der Waals surface area contributed by atoms with E-state index >= 15 is 0 Å². The molecule has 0 aromatic heterocycles. The predicted octanol–water partition coefficient (Wildman–Crippen LogP) is 2.11. The summed E-state index contributed by atoms with van der Waals surface area (Å²) in [5.74, 6) is -2.10. The van der Waals surface area contributed by atoms with E-state index in [1.165, 1.54) is 24.3 Å². The number of carboxylic acids is 1. The number of nitrogens with two attached hydrogens (primary N) is 1. The van der Waals surface area contributed by atoms with Crippen molar-refractivity contribution in [2.45, 2.75) is 64.6 Å². The number of hydrogen-bond donors (Lipinski definition) is 4. The Morgan fingerprint density at radius 2 is 1.87 bits per heavy atom. The normalized spacial score (nSPS) is 28.5. The zero-order valence-corrected chi connectivity index (χ0v) is 17.6. The first-order valence-corrected chi connectivity index (χ1v) is 10.2. The maximum Gasteiger partial charge on any atom is 0.333 e. The summed E-state index contributed by atoms with van der Waals surface area (Å²) in [6.07, 6.45) is 2.25. The van der Waals surface area contributed by atoms with E-state index in [9.17, 15) is 19.5 Å². The molecule has 0 aliphatic heterocycles. The van der Waals surface area contributed by atoms with E-state index in [-0.39, 0.29) is 22.7 Å². The van der Waals surface area contributed by atoms with Gasteiger partial charge in [0.05, 0.1) is 12.5 Å². The SMILES string of the molecule is CC1(C)C2CC[C@@](C)(C2)[C@@H]1OC(=O)[C@H](NC(=O)[C@@H](N)CC(=O)O)c1ccc(O)cc1. The Balaban J connectivity index is 1.83. The quantitative estimate of drug-likeness (QED) is 0.497. The molecule has 0 radical (unpaired) electrons. The van der Waals surface area contributed by atoms with Gasteiger partial charge in [-0.1, -0.05) is 32.9 Å². The predicted molar refractivity (Wildman–Crippen MR) is 108 cm³/mol. The molecular formula is C22H30N2O6. The van der Waals surface area contributed by atoms with Crippen LogP contribution in [0.15, 0.2) is 24.3 Å². The minimum absolute atomic E-state index is 0.0153. The second kappa shape index (κ2) is 7.91. The van der Waals surface area contributed by atoms with Crippen LogP contribution < -0.4 is 11.1 Å². The second-order valence-electron chi connectivity index (χ2n) is 9.47. The number of benzene rings is 1. The van der Waals surface area contributed by atoms with Crippen LogP contribution in [0, 0.1) is 16.7 Å². The molecular weight excluding hydrogens is 388 g/mol. The Kier molecular flexibility index (Phi) is 5.82. The smallest absolute Gasteiger partial charge is 0.333 e. The minimum atomic E-state index is -1.30. The fourth-order valence-electron chi connectivity index (χ4n) is 5.21. The number of nitrogens with one attached hydrogen (secondary N) is 1. The lowest BCUT2D eigenvalue weighted by atomic mass is 9.70. The number of carboxylic acid groups (broad SMARTS) is 1. The van der Waals surface area contributed by atoms with E-state index in [4.69, 9.17) is 15.6 Å². The number of aromatic hydroxyl groups is 1. The van der Waals surface area contributed by atoms with Crippen molar-refractivity contribution in [1.82, 2.24) is 5.32 Å². The average molecular weight is 418 g/mol. The van der Waals surface area contributed by atoms with Crippen molar-refractivity contribution in [2.75, 3.05) is 0 Å². The Bertz CT molecular complexity index is 832. The largest absolute Gasteiger partial charge is 0.508 e. The molecule has 1 unspecified atom stereocenters. The van der Waals surface area contributed by atoms with Gasteiger partial charge >= 0.3 is 11.9 Å². The van der Waals surface area contributed by atoms with Crippen LogP contribution in [0.25, 0.3) is 0 Å². The molecule has 5 N–H and O–H groups in total. The second-order valence-corrected chi connectivity index (χ2v) is 9.47. The number of ether oxygens (including phenoxy) is 1. The van der Waals surface area contributed by atoms with Gasteiger partial charge < -0.3 is 26.0 Å². The number of phenols is 1. The van der Waals surface area contributed by atoms with Gasteiger partial charge in [0, 0.05) is 10.8 Å². The van der Waals surface area contributed by atoms with Gasteiger partial charge in [0.15, 0.2) is 6.04 Å². The van der Waals surface area contributed by atoms with Crippen molar-refractivity contribution in [3.8, 4) is 5.75 Å². The first-order chi connectivity index (χ1) is 13.9. The standard InChI is InChI=1S/C22H30N2O6/c1-21(2)13-8-9-22(3,11-13)20(21)30-19(29)17(12-4-6-14(25)7-5-12)24-18(28)15(23)10-16(26)27/h4-7,13,15,17,20,25H,8-11,23H2,1-3H3,(H,24,28)(H,26,27)/t13?,15-,17+,20+,22-/m0/s1. The summed E-state index contributed by atoms with van der Waals surface area (Å²) in [5, 5.41) is 21.0. The van der Waals surface area contributed by atoms with Crippen molar-refractivity contribution in [3.05, 3.63) is 29.8 Å². The number of amides is 1. The number of aliphatic carboxylic acids is 1. The van der Waals surface area contributed by atoms with Crippen LogP contribution in [0.1, 0.15) is 58.1 Å². The van der Waals surface area contributed by atoms with Crippen molar-refractivity contribution < 1.29 is 29.3 Å². The lowest BCUT2D eigenvalue weighted by molar-refractivity contribution is -0.168. The van der Waals surface area contributed by atoms with Gasteiger partial charge in [0.2, 0.25) is 5.91 Å². The highest BCUT2D eigenvalue weighted by molar-refractivity contribution is 5.90. The zero-order chi connectivity index (χ0) is 22.3. The Hall–Kier alpha value is -2.61. The summed E-state index contributed by atoms with van der Waals surface area (Å²) < 4.78 is 6.00. The van der Waals surface area contributed by atoms with Crippen molar-refractivity contribution in [2.24, 2.45) is 22.5 Å². The average Bonchev–Trinajstić information content (AvgIpc) is 3.14. The third-order valence-corrected chi connectivity index (χ3v) is 6.85. The molecule has 1 aromatic rings. The van der Waals surface area contributed by atoms with Gasteiger partial charge in [-0.05, 0) is 42.9 Å². The third-order valence-electron chi connectivity index (χ3n) is 6.85. The molecule has 5 atom stereocenters. The van der Waals surface area contributed by atoms with E-state index in [2.05, 4.69) is 26.1 Å². The lowest BCUT2D eigenvalue weighted by Gasteiger charge is -2.42. The molecule has 3 rings (SSSR count). The van der Waals surface area contributed by atoms with Crippen LogP contribution in [0.4, 0.5) is 0 Å². The van der Waals surface area contributed by atoms with Gasteiger partial charge in [0.25, 0.3) is 0 Å². The maximum absolute atomic E-state index is 13.2. The molecule has 2 fully saturated rings. The monoisotopic (exact) mass is 418 g/mol. The van der Waals surface area contributed by atoms with Gasteiger partial charge in [-0.15, -0.1) is 0 Å². The fraction of sp³-hybridized carbons (Fsp3) is 0.591. The number of fused-ring (bicyclic) bond motifs is 2. The topological polar surface area (TPSA) is 139 Å². The summed E-state index contributed by atoms with van der Waals surface area (Å²) in [6, 6.07) is 3.38. The molecule has 164 valence electrons. The minimum Gasteiger partial charge on any atom is -0.508 e. The van der Waals surface area contributed by atoms with Gasteiger partial charge in [0.1, 0.15) is 11.9 Å². The Labute approximate surface area is 175 Å². The lowest BCUT2D eigenvalue weighted by Crippen LogP contribution is -2.48. The molecule has 0 saturated heterocycles. The first-order valence-electron chi connectivity index (χ1n) is 10.2. The van der Waals surface area contributed by atoms with Crippen molar-refractivity contribution in [3.63, 3.8) is 0 Å². The summed E-state index contributed by atoms with van der Waals surface area (Å²) in [5.41, 5.74) is 5.80. The molecule has 2 aliphatic rings. The Morgan fingerprint density at radius 1 is 1.23 bits per heavy atom. The molecule has 8 nitrogen and oxygen atoms in total. The summed E-state index contributed by atoms with van der Waals surface area (Å²) in [4.78, 5) is 36.5. The summed E-state index contributed by atoms with van der Waals surface area (Å²) >= 11 is 0. The maximum atomic E-state index is 13.2. The molecule has 2 aliphatic carbocycles. The van der Waals surface area contributed by atoms with E-state index < -0.39 is 36.4 Å². The number of hydrogen-bond acceptors (Lipinski definition) is 6. The van der Waals surface area contributed by atoms with Gasteiger partial charge in [-0.2, -0.15) is 0 Å². The highest BCUT2D eigenvalue weighted by Gasteiger charge is 2.61. The molecule has 8 heteroatoms.